The molecule has 2 rings (SSSR count). The molecule has 1 amide bonds. The summed E-state index contributed by atoms with van der Waals surface area (Å²) in [6.07, 6.45) is 2.92. The molecule has 0 aliphatic heterocycles. The molecule has 0 saturated carbocycles. The molecule has 0 saturated heterocycles. The first kappa shape index (κ1) is 16.0. The maximum absolute atomic E-state index is 11.8. The molecule has 6 heteroatoms. The number of aryl methyl sites for hydroxylation is 1. The number of amides is 1. The van der Waals surface area contributed by atoms with Gasteiger partial charge in [0.1, 0.15) is 11.5 Å². The zero-order valence-corrected chi connectivity index (χ0v) is 13.2. The van der Waals surface area contributed by atoms with Gasteiger partial charge in [-0.3, -0.25) is 4.79 Å². The number of hydrogen-bond acceptors (Lipinski definition) is 4. The molecular formula is C16H17NO4S. The number of anilines is 1. The van der Waals surface area contributed by atoms with Gasteiger partial charge in [-0.2, -0.15) is 0 Å². The van der Waals surface area contributed by atoms with Crippen LogP contribution in [0.3, 0.4) is 0 Å². The van der Waals surface area contributed by atoms with Gasteiger partial charge in [-0.25, -0.2) is 8.42 Å². The molecule has 0 fully saturated rings. The van der Waals surface area contributed by atoms with E-state index in [1.54, 1.807) is 31.2 Å². The average Bonchev–Trinajstić information content (AvgIpc) is 2.91. The molecule has 0 aliphatic carbocycles. The minimum Gasteiger partial charge on any atom is -0.462 e. The van der Waals surface area contributed by atoms with Crippen LogP contribution in [0.4, 0.5) is 5.69 Å². The van der Waals surface area contributed by atoms with Gasteiger partial charge in [-0.05, 0) is 49.4 Å². The monoisotopic (exact) mass is 319 g/mol. The smallest absolute Gasteiger partial charge is 0.248 e. The van der Waals surface area contributed by atoms with Crippen molar-refractivity contribution in [3.63, 3.8) is 0 Å². The van der Waals surface area contributed by atoms with E-state index in [4.69, 9.17) is 4.42 Å². The second-order valence-corrected chi connectivity index (χ2v) is 6.98. The molecule has 0 bridgehead atoms. The average molecular weight is 319 g/mol. The normalized spacial score (nSPS) is 11.7. The maximum Gasteiger partial charge on any atom is 0.248 e. The van der Waals surface area contributed by atoms with Crippen LogP contribution in [-0.4, -0.2) is 20.1 Å². The first-order valence-corrected chi connectivity index (χ1v) is 8.44. The molecule has 1 N–H and O–H groups in total. The molecule has 22 heavy (non-hydrogen) atoms. The fraction of sp³-hybridized carbons (Fsp3) is 0.188. The van der Waals surface area contributed by atoms with Crippen molar-refractivity contribution in [3.05, 3.63) is 54.0 Å². The summed E-state index contributed by atoms with van der Waals surface area (Å²) in [5.41, 5.74) is 0.528. The number of furan rings is 1. The fourth-order valence-electron chi connectivity index (χ4n) is 1.80. The highest BCUT2D eigenvalue weighted by molar-refractivity contribution is 7.91. The quantitative estimate of drug-likeness (QED) is 0.859. The SMILES string of the molecule is CCS(=O)(=O)c1ccc(NC(=O)C=Cc2ccc(C)o2)cc1. The number of rotatable bonds is 5. The van der Waals surface area contributed by atoms with Gasteiger partial charge >= 0.3 is 0 Å². The van der Waals surface area contributed by atoms with Gasteiger partial charge in [0.05, 0.1) is 10.6 Å². The third-order valence-corrected chi connectivity index (χ3v) is 4.77. The van der Waals surface area contributed by atoms with Crippen molar-refractivity contribution in [3.8, 4) is 0 Å². The van der Waals surface area contributed by atoms with Crippen molar-refractivity contribution in [1.29, 1.82) is 0 Å². The number of sulfone groups is 1. The lowest BCUT2D eigenvalue weighted by Gasteiger charge is -2.04. The summed E-state index contributed by atoms with van der Waals surface area (Å²) in [5, 5.41) is 2.65. The van der Waals surface area contributed by atoms with Gasteiger partial charge in [0.2, 0.25) is 5.91 Å². The van der Waals surface area contributed by atoms with Gasteiger partial charge in [-0.15, -0.1) is 0 Å². The molecule has 0 atom stereocenters. The summed E-state index contributed by atoms with van der Waals surface area (Å²) < 4.78 is 28.7. The van der Waals surface area contributed by atoms with Crippen molar-refractivity contribution < 1.29 is 17.6 Å². The van der Waals surface area contributed by atoms with Crippen molar-refractivity contribution in [1.82, 2.24) is 0 Å². The Hall–Kier alpha value is -2.34. The molecule has 0 spiro atoms. The van der Waals surface area contributed by atoms with E-state index >= 15 is 0 Å². The highest BCUT2D eigenvalue weighted by Gasteiger charge is 2.10. The van der Waals surface area contributed by atoms with E-state index in [0.29, 0.717) is 11.4 Å². The van der Waals surface area contributed by atoms with Crippen LogP contribution in [0.2, 0.25) is 0 Å². The van der Waals surface area contributed by atoms with Crippen LogP contribution in [0.5, 0.6) is 0 Å². The number of nitrogens with one attached hydrogen (secondary N) is 1. The zero-order valence-electron chi connectivity index (χ0n) is 12.4. The number of benzene rings is 1. The van der Waals surface area contributed by atoms with Crippen LogP contribution < -0.4 is 5.32 Å². The predicted octanol–water partition coefficient (Wildman–Crippen LogP) is 3.03. The van der Waals surface area contributed by atoms with Gasteiger partial charge < -0.3 is 9.73 Å². The summed E-state index contributed by atoms with van der Waals surface area (Å²) in [6.45, 7) is 3.41. The van der Waals surface area contributed by atoms with E-state index in [9.17, 15) is 13.2 Å². The molecular weight excluding hydrogens is 302 g/mol. The molecule has 116 valence electrons. The van der Waals surface area contributed by atoms with E-state index in [2.05, 4.69) is 5.32 Å². The van der Waals surface area contributed by atoms with E-state index in [-0.39, 0.29) is 16.6 Å². The van der Waals surface area contributed by atoms with Gasteiger partial charge in [0.15, 0.2) is 9.84 Å². The molecule has 1 heterocycles. The standard InChI is InChI=1S/C16H17NO4S/c1-3-22(19,20)15-9-5-13(6-10-15)17-16(18)11-8-14-7-4-12(2)21-14/h4-11H,3H2,1-2H3,(H,17,18). The topological polar surface area (TPSA) is 76.4 Å². The molecule has 0 radical (unpaired) electrons. The Morgan fingerprint density at radius 3 is 2.41 bits per heavy atom. The molecule has 0 unspecified atom stereocenters. The number of carbonyl (C=O) groups excluding carboxylic acids is 1. The Balaban J connectivity index is 2.01. The third-order valence-electron chi connectivity index (χ3n) is 3.02. The van der Waals surface area contributed by atoms with E-state index in [1.165, 1.54) is 18.2 Å². The van der Waals surface area contributed by atoms with Crippen molar-refractivity contribution in [2.75, 3.05) is 11.1 Å². The molecule has 2 aromatic rings. The summed E-state index contributed by atoms with van der Waals surface area (Å²) in [7, 11) is -3.23. The predicted molar refractivity (Wildman–Crippen MR) is 85.3 cm³/mol. The van der Waals surface area contributed by atoms with E-state index in [1.807, 2.05) is 13.0 Å². The largest absolute Gasteiger partial charge is 0.462 e. The van der Waals surface area contributed by atoms with Crippen LogP contribution in [-0.2, 0) is 14.6 Å². The van der Waals surface area contributed by atoms with E-state index in [0.717, 1.165) is 5.76 Å². The summed E-state index contributed by atoms with van der Waals surface area (Å²) in [4.78, 5) is 12.0. The van der Waals surface area contributed by atoms with Crippen LogP contribution in [0, 0.1) is 6.92 Å². The number of hydrogen-bond donors (Lipinski definition) is 1. The minimum absolute atomic E-state index is 0.0456. The lowest BCUT2D eigenvalue weighted by molar-refractivity contribution is -0.111. The fourth-order valence-corrected chi connectivity index (χ4v) is 2.68. The minimum atomic E-state index is -3.23. The molecule has 1 aromatic heterocycles. The lowest BCUT2D eigenvalue weighted by atomic mass is 10.3. The Kier molecular flexibility index (Phi) is 4.82. The Labute approximate surface area is 129 Å². The van der Waals surface area contributed by atoms with Crippen LogP contribution >= 0.6 is 0 Å². The summed E-state index contributed by atoms with van der Waals surface area (Å²) >= 11 is 0. The Bertz CT molecular complexity index is 786. The Morgan fingerprint density at radius 2 is 1.86 bits per heavy atom. The highest BCUT2D eigenvalue weighted by Crippen LogP contribution is 2.15. The second kappa shape index (κ2) is 6.62. The first-order valence-electron chi connectivity index (χ1n) is 6.79. The van der Waals surface area contributed by atoms with Crippen molar-refractivity contribution in [2.24, 2.45) is 0 Å². The van der Waals surface area contributed by atoms with Crippen molar-refractivity contribution in [2.45, 2.75) is 18.7 Å². The number of carbonyl (C=O) groups is 1. The second-order valence-electron chi connectivity index (χ2n) is 4.70. The molecule has 0 aliphatic rings. The van der Waals surface area contributed by atoms with Crippen LogP contribution in [0.25, 0.3) is 6.08 Å². The van der Waals surface area contributed by atoms with Gasteiger partial charge in [0, 0.05) is 11.8 Å². The maximum atomic E-state index is 11.8. The molecule has 5 nitrogen and oxygen atoms in total. The third kappa shape index (κ3) is 4.08. The Morgan fingerprint density at radius 1 is 1.18 bits per heavy atom. The van der Waals surface area contributed by atoms with Gasteiger partial charge in [0.25, 0.3) is 0 Å². The van der Waals surface area contributed by atoms with Crippen LogP contribution in [0.15, 0.2) is 51.8 Å². The van der Waals surface area contributed by atoms with E-state index < -0.39 is 9.84 Å². The molecule has 1 aromatic carbocycles. The summed E-state index contributed by atoms with van der Waals surface area (Å²) in [5.74, 6) is 1.09. The van der Waals surface area contributed by atoms with Crippen molar-refractivity contribution >= 4 is 27.5 Å². The first-order chi connectivity index (χ1) is 10.4. The summed E-state index contributed by atoms with van der Waals surface area (Å²) in [6, 6.07) is 9.66. The zero-order chi connectivity index (χ0) is 16.2. The lowest BCUT2D eigenvalue weighted by Crippen LogP contribution is -2.08. The van der Waals surface area contributed by atoms with Gasteiger partial charge in [-0.1, -0.05) is 6.92 Å². The van der Waals surface area contributed by atoms with Crippen LogP contribution in [0.1, 0.15) is 18.4 Å². The highest BCUT2D eigenvalue weighted by atomic mass is 32.2.